The molecule has 0 aliphatic carbocycles. The lowest BCUT2D eigenvalue weighted by atomic mass is 10.2. The summed E-state index contributed by atoms with van der Waals surface area (Å²) in [6.45, 7) is 3.15. The van der Waals surface area contributed by atoms with E-state index in [-0.39, 0.29) is 6.04 Å². The lowest BCUT2D eigenvalue weighted by Gasteiger charge is -2.33. The standard InChI is InChI=1S/C13H23F3N2O3/c1-4-5-6-7-18(10(2)3)12(21)17(8-11(19)20)9-13(14,15)16/h10H,4-9H2,1-3H3,(H,19,20). The molecule has 0 heterocycles. The van der Waals surface area contributed by atoms with Crippen LogP contribution in [0.15, 0.2) is 0 Å². The predicted octanol–water partition coefficient (Wildman–Crippen LogP) is 2.96. The van der Waals surface area contributed by atoms with Crippen molar-refractivity contribution in [3.63, 3.8) is 0 Å². The van der Waals surface area contributed by atoms with Crippen molar-refractivity contribution in [3.8, 4) is 0 Å². The van der Waals surface area contributed by atoms with Gasteiger partial charge >= 0.3 is 18.2 Å². The Bertz CT molecular complexity index is 346. The Morgan fingerprint density at radius 2 is 1.76 bits per heavy atom. The van der Waals surface area contributed by atoms with Crippen molar-refractivity contribution in [2.45, 2.75) is 52.3 Å². The largest absolute Gasteiger partial charge is 0.480 e. The molecule has 5 nitrogen and oxygen atoms in total. The predicted molar refractivity (Wildman–Crippen MR) is 72.0 cm³/mol. The quantitative estimate of drug-likeness (QED) is 0.701. The molecule has 0 aliphatic heterocycles. The zero-order valence-electron chi connectivity index (χ0n) is 12.6. The van der Waals surface area contributed by atoms with Crippen molar-refractivity contribution in [1.29, 1.82) is 0 Å². The summed E-state index contributed by atoms with van der Waals surface area (Å²) in [7, 11) is 0. The molecule has 8 heteroatoms. The van der Waals surface area contributed by atoms with E-state index in [1.54, 1.807) is 13.8 Å². The number of alkyl halides is 3. The van der Waals surface area contributed by atoms with E-state index in [1.165, 1.54) is 4.90 Å². The zero-order valence-corrected chi connectivity index (χ0v) is 12.6. The number of carboxylic acid groups (broad SMARTS) is 1. The fourth-order valence-electron chi connectivity index (χ4n) is 1.86. The van der Waals surface area contributed by atoms with E-state index in [0.29, 0.717) is 17.9 Å². The number of amides is 2. The Labute approximate surface area is 122 Å². The van der Waals surface area contributed by atoms with Gasteiger partial charge in [0.1, 0.15) is 13.1 Å². The van der Waals surface area contributed by atoms with Gasteiger partial charge in [0.15, 0.2) is 0 Å². The van der Waals surface area contributed by atoms with Gasteiger partial charge in [-0.25, -0.2) is 4.79 Å². The molecule has 0 aliphatic rings. The topological polar surface area (TPSA) is 60.9 Å². The molecular weight excluding hydrogens is 289 g/mol. The second kappa shape index (κ2) is 8.74. The minimum Gasteiger partial charge on any atom is -0.480 e. The van der Waals surface area contributed by atoms with Crippen molar-refractivity contribution in [3.05, 3.63) is 0 Å². The molecule has 1 N–H and O–H groups in total. The number of halogens is 3. The number of carbonyl (C=O) groups excluding carboxylic acids is 1. The molecular formula is C13H23F3N2O3. The van der Waals surface area contributed by atoms with Gasteiger partial charge in [0.25, 0.3) is 0 Å². The van der Waals surface area contributed by atoms with Gasteiger partial charge in [0.2, 0.25) is 0 Å². The van der Waals surface area contributed by atoms with Gasteiger partial charge in [0, 0.05) is 12.6 Å². The first-order chi connectivity index (χ1) is 9.58. The molecule has 0 atom stereocenters. The number of urea groups is 1. The Hall–Kier alpha value is -1.47. The van der Waals surface area contributed by atoms with Gasteiger partial charge in [-0.2, -0.15) is 13.2 Å². The Morgan fingerprint density at radius 3 is 2.14 bits per heavy atom. The molecule has 0 unspecified atom stereocenters. The summed E-state index contributed by atoms with van der Waals surface area (Å²) in [5.74, 6) is -1.47. The van der Waals surface area contributed by atoms with E-state index >= 15 is 0 Å². The normalized spacial score (nSPS) is 11.6. The van der Waals surface area contributed by atoms with Crippen molar-refractivity contribution < 1.29 is 27.9 Å². The van der Waals surface area contributed by atoms with Gasteiger partial charge in [-0.05, 0) is 20.3 Å². The van der Waals surface area contributed by atoms with Gasteiger partial charge < -0.3 is 14.9 Å². The van der Waals surface area contributed by atoms with Crippen LogP contribution in [0.4, 0.5) is 18.0 Å². The Morgan fingerprint density at radius 1 is 1.19 bits per heavy atom. The highest BCUT2D eigenvalue weighted by molar-refractivity contribution is 5.80. The van der Waals surface area contributed by atoms with Gasteiger partial charge in [0.05, 0.1) is 0 Å². The maximum atomic E-state index is 12.5. The number of hydrogen-bond acceptors (Lipinski definition) is 2. The van der Waals surface area contributed by atoms with Crippen molar-refractivity contribution in [2.24, 2.45) is 0 Å². The number of nitrogens with zero attached hydrogens (tertiary/aromatic N) is 2. The molecule has 2 amide bonds. The molecule has 124 valence electrons. The van der Waals surface area contributed by atoms with Gasteiger partial charge in [-0.1, -0.05) is 19.8 Å². The molecule has 21 heavy (non-hydrogen) atoms. The number of carbonyl (C=O) groups is 2. The maximum Gasteiger partial charge on any atom is 0.406 e. The first-order valence-corrected chi connectivity index (χ1v) is 6.92. The van der Waals surface area contributed by atoms with Gasteiger partial charge in [-0.3, -0.25) is 4.79 Å². The lowest BCUT2D eigenvalue weighted by molar-refractivity contribution is -0.150. The van der Waals surface area contributed by atoms with Crippen LogP contribution < -0.4 is 0 Å². The summed E-state index contributed by atoms with van der Waals surface area (Å²) in [5, 5.41) is 8.68. The maximum absolute atomic E-state index is 12.5. The fraction of sp³-hybridized carbons (Fsp3) is 0.846. The van der Waals surface area contributed by atoms with E-state index in [1.807, 2.05) is 6.92 Å². The van der Waals surface area contributed by atoms with Crippen molar-refractivity contribution >= 4 is 12.0 Å². The third kappa shape index (κ3) is 8.41. The summed E-state index contributed by atoms with van der Waals surface area (Å²) in [4.78, 5) is 24.5. The van der Waals surface area contributed by atoms with Crippen LogP contribution in [0.3, 0.4) is 0 Å². The molecule has 0 rings (SSSR count). The first kappa shape index (κ1) is 19.5. The summed E-state index contributed by atoms with van der Waals surface area (Å²) in [6, 6.07) is -1.18. The molecule has 0 saturated carbocycles. The molecule has 0 radical (unpaired) electrons. The van der Waals surface area contributed by atoms with Gasteiger partial charge in [-0.15, -0.1) is 0 Å². The number of hydrogen-bond donors (Lipinski definition) is 1. The third-order valence-electron chi connectivity index (χ3n) is 2.84. The van der Waals surface area contributed by atoms with Crippen molar-refractivity contribution in [2.75, 3.05) is 19.6 Å². The summed E-state index contributed by atoms with van der Waals surface area (Å²) in [5.41, 5.74) is 0. The average molecular weight is 312 g/mol. The first-order valence-electron chi connectivity index (χ1n) is 6.92. The second-order valence-electron chi connectivity index (χ2n) is 5.14. The second-order valence-corrected chi connectivity index (χ2v) is 5.14. The molecule has 0 bridgehead atoms. The molecule has 0 fully saturated rings. The van der Waals surface area contributed by atoms with Crippen LogP contribution in [0.25, 0.3) is 0 Å². The van der Waals surface area contributed by atoms with E-state index in [4.69, 9.17) is 5.11 Å². The van der Waals surface area contributed by atoms with Crippen LogP contribution in [0.1, 0.15) is 40.0 Å². The van der Waals surface area contributed by atoms with E-state index in [9.17, 15) is 22.8 Å². The summed E-state index contributed by atoms with van der Waals surface area (Å²) < 4.78 is 37.4. The summed E-state index contributed by atoms with van der Waals surface area (Å²) >= 11 is 0. The van der Waals surface area contributed by atoms with Crippen LogP contribution in [-0.2, 0) is 4.79 Å². The Balaban J connectivity index is 4.96. The molecule has 0 aromatic carbocycles. The Kier molecular flexibility index (Phi) is 8.12. The molecule has 0 aromatic heterocycles. The number of carboxylic acids is 1. The monoisotopic (exact) mass is 312 g/mol. The van der Waals surface area contributed by atoms with Crippen molar-refractivity contribution in [1.82, 2.24) is 9.80 Å². The van der Waals surface area contributed by atoms with E-state index < -0.39 is 31.3 Å². The highest BCUT2D eigenvalue weighted by Crippen LogP contribution is 2.18. The summed E-state index contributed by atoms with van der Waals surface area (Å²) in [6.07, 6.45) is -2.18. The van der Waals surface area contributed by atoms with Crippen LogP contribution in [0, 0.1) is 0 Å². The highest BCUT2D eigenvalue weighted by atomic mass is 19.4. The van der Waals surface area contributed by atoms with E-state index in [2.05, 4.69) is 0 Å². The number of unbranched alkanes of at least 4 members (excludes halogenated alkanes) is 2. The molecule has 0 saturated heterocycles. The van der Waals surface area contributed by atoms with E-state index in [0.717, 1.165) is 12.8 Å². The molecule has 0 spiro atoms. The SMILES string of the molecule is CCCCCN(C(=O)N(CC(=O)O)CC(F)(F)F)C(C)C. The minimum atomic E-state index is -4.63. The smallest absolute Gasteiger partial charge is 0.406 e. The minimum absolute atomic E-state index is 0.293. The van der Waals surface area contributed by atoms with Crippen LogP contribution in [0.5, 0.6) is 0 Å². The van der Waals surface area contributed by atoms with Crippen LogP contribution in [-0.4, -0.2) is 58.8 Å². The van der Waals surface area contributed by atoms with Crippen LogP contribution >= 0.6 is 0 Å². The zero-order chi connectivity index (χ0) is 16.6. The average Bonchev–Trinajstić information content (AvgIpc) is 2.30. The lowest BCUT2D eigenvalue weighted by Crippen LogP contribution is -2.51. The number of aliphatic carboxylic acids is 1. The number of rotatable bonds is 8. The van der Waals surface area contributed by atoms with Crippen LogP contribution in [0.2, 0.25) is 0 Å². The third-order valence-corrected chi connectivity index (χ3v) is 2.84. The fourth-order valence-corrected chi connectivity index (χ4v) is 1.86. The molecule has 0 aromatic rings. The highest BCUT2D eigenvalue weighted by Gasteiger charge is 2.36.